The Balaban J connectivity index is 1.38. The van der Waals surface area contributed by atoms with Crippen molar-refractivity contribution in [2.75, 3.05) is 19.0 Å². The number of aryl methyl sites for hydroxylation is 1. The van der Waals surface area contributed by atoms with Gasteiger partial charge in [-0.05, 0) is 55.2 Å². The van der Waals surface area contributed by atoms with Gasteiger partial charge in [0.25, 0.3) is 5.91 Å². The lowest BCUT2D eigenvalue weighted by Gasteiger charge is -2.22. The summed E-state index contributed by atoms with van der Waals surface area (Å²) in [6.45, 7) is 0.690. The fourth-order valence-electron chi connectivity index (χ4n) is 3.72. The van der Waals surface area contributed by atoms with Crippen molar-refractivity contribution in [3.8, 4) is 5.75 Å². The number of amides is 2. The van der Waals surface area contributed by atoms with Crippen molar-refractivity contribution >= 4 is 40.4 Å². The van der Waals surface area contributed by atoms with Gasteiger partial charge in [-0.15, -0.1) is 10.2 Å². The highest BCUT2D eigenvalue weighted by molar-refractivity contribution is 7.13. The van der Waals surface area contributed by atoms with E-state index in [4.69, 9.17) is 16.3 Å². The van der Waals surface area contributed by atoms with E-state index in [9.17, 15) is 9.59 Å². The number of rotatable bonds is 7. The molecule has 0 spiro atoms. The maximum atomic E-state index is 12.9. The van der Waals surface area contributed by atoms with Crippen molar-refractivity contribution in [2.45, 2.75) is 31.7 Å². The molecule has 0 saturated carbocycles. The lowest BCUT2D eigenvalue weighted by molar-refractivity contribution is -0.132. The van der Waals surface area contributed by atoms with Crippen LogP contribution in [0.3, 0.4) is 0 Å². The van der Waals surface area contributed by atoms with Crippen LogP contribution in [-0.4, -0.2) is 40.6 Å². The van der Waals surface area contributed by atoms with Gasteiger partial charge < -0.3 is 15.0 Å². The standard InChI is InChI=1S/C23H23ClN4O3S/c1-31-18-10-7-15(8-11-18)9-12-20(29)28-13-3-6-19(28)22-26-27-23(32-22)21(30)25-17-5-2-4-16(24)14-17/h2,4-5,7-8,10-11,14,19H,3,6,9,12-13H2,1H3,(H,25,30)/t19-/m0/s1. The zero-order chi connectivity index (χ0) is 22.5. The Hall–Kier alpha value is -2.97. The van der Waals surface area contributed by atoms with Gasteiger partial charge in [0.1, 0.15) is 10.8 Å². The highest BCUT2D eigenvalue weighted by atomic mass is 35.5. The quantitative estimate of drug-likeness (QED) is 0.538. The fraction of sp³-hybridized carbons (Fsp3) is 0.304. The van der Waals surface area contributed by atoms with Crippen molar-refractivity contribution in [3.63, 3.8) is 0 Å². The van der Waals surface area contributed by atoms with E-state index in [1.54, 1.807) is 31.4 Å². The summed E-state index contributed by atoms with van der Waals surface area (Å²) in [6.07, 6.45) is 2.81. The topological polar surface area (TPSA) is 84.4 Å². The third-order valence-electron chi connectivity index (χ3n) is 5.36. The normalized spacial score (nSPS) is 15.6. The van der Waals surface area contributed by atoms with Gasteiger partial charge in [-0.1, -0.05) is 41.1 Å². The fourth-order valence-corrected chi connectivity index (χ4v) is 4.80. The third-order valence-corrected chi connectivity index (χ3v) is 6.62. The maximum absolute atomic E-state index is 12.9. The van der Waals surface area contributed by atoms with Crippen LogP contribution in [0.1, 0.15) is 45.7 Å². The monoisotopic (exact) mass is 470 g/mol. The van der Waals surface area contributed by atoms with E-state index < -0.39 is 0 Å². The molecule has 2 heterocycles. The van der Waals surface area contributed by atoms with Crippen LogP contribution in [0.15, 0.2) is 48.5 Å². The number of halogens is 1. The summed E-state index contributed by atoms with van der Waals surface area (Å²) in [5, 5.41) is 12.5. The van der Waals surface area contributed by atoms with E-state index >= 15 is 0 Å². The number of benzene rings is 2. The van der Waals surface area contributed by atoms with Crippen LogP contribution in [0.2, 0.25) is 5.02 Å². The molecule has 4 rings (SSSR count). The molecule has 1 aliphatic rings. The molecule has 3 aromatic rings. The molecule has 166 valence electrons. The van der Waals surface area contributed by atoms with Gasteiger partial charge in [0.15, 0.2) is 0 Å². The highest BCUT2D eigenvalue weighted by Gasteiger charge is 2.32. The Kier molecular flexibility index (Phi) is 7.02. The van der Waals surface area contributed by atoms with Crippen LogP contribution in [0, 0.1) is 0 Å². The Morgan fingerprint density at radius 3 is 2.78 bits per heavy atom. The summed E-state index contributed by atoms with van der Waals surface area (Å²) in [5.74, 6) is 0.543. The van der Waals surface area contributed by atoms with Gasteiger partial charge in [-0.3, -0.25) is 9.59 Å². The average Bonchev–Trinajstić information content (AvgIpc) is 3.47. The zero-order valence-electron chi connectivity index (χ0n) is 17.6. The average molecular weight is 471 g/mol. The number of hydrogen-bond donors (Lipinski definition) is 1. The molecule has 1 N–H and O–H groups in total. The molecule has 0 aliphatic carbocycles. The zero-order valence-corrected chi connectivity index (χ0v) is 19.2. The lowest BCUT2D eigenvalue weighted by Crippen LogP contribution is -2.30. The third kappa shape index (κ3) is 5.26. The van der Waals surface area contributed by atoms with Crippen LogP contribution in [0.4, 0.5) is 5.69 Å². The summed E-state index contributed by atoms with van der Waals surface area (Å²) < 4.78 is 5.18. The van der Waals surface area contributed by atoms with Crippen molar-refractivity contribution in [3.05, 3.63) is 69.1 Å². The minimum absolute atomic E-state index is 0.0865. The largest absolute Gasteiger partial charge is 0.497 e. The number of nitrogens with one attached hydrogen (secondary N) is 1. The van der Waals surface area contributed by atoms with E-state index in [1.165, 1.54) is 11.3 Å². The van der Waals surface area contributed by atoms with Crippen LogP contribution < -0.4 is 10.1 Å². The maximum Gasteiger partial charge on any atom is 0.286 e. The summed E-state index contributed by atoms with van der Waals surface area (Å²) >= 11 is 7.20. The molecule has 1 fully saturated rings. The molecular formula is C23H23ClN4O3S. The van der Waals surface area contributed by atoms with Gasteiger partial charge in [0.2, 0.25) is 10.9 Å². The number of likely N-dealkylation sites (tertiary alicyclic amines) is 1. The Morgan fingerprint density at radius 1 is 1.22 bits per heavy atom. The Labute approximate surface area is 195 Å². The van der Waals surface area contributed by atoms with Crippen LogP contribution in [0.25, 0.3) is 0 Å². The predicted octanol–water partition coefficient (Wildman–Crippen LogP) is 4.75. The number of ether oxygens (including phenoxy) is 1. The number of aromatic nitrogens is 2. The molecule has 1 atom stereocenters. The summed E-state index contributed by atoms with van der Waals surface area (Å²) in [5.41, 5.74) is 1.68. The molecule has 9 heteroatoms. The molecule has 0 bridgehead atoms. The molecule has 32 heavy (non-hydrogen) atoms. The van der Waals surface area contributed by atoms with Crippen LogP contribution >= 0.6 is 22.9 Å². The van der Waals surface area contributed by atoms with E-state index in [1.807, 2.05) is 29.2 Å². The molecule has 2 aromatic carbocycles. The van der Waals surface area contributed by atoms with E-state index in [2.05, 4.69) is 15.5 Å². The summed E-state index contributed by atoms with van der Waals surface area (Å²) in [7, 11) is 1.63. The molecule has 0 unspecified atom stereocenters. The molecular weight excluding hydrogens is 448 g/mol. The first-order valence-corrected chi connectivity index (χ1v) is 11.6. The lowest BCUT2D eigenvalue weighted by atomic mass is 10.1. The highest BCUT2D eigenvalue weighted by Crippen LogP contribution is 2.34. The van der Waals surface area contributed by atoms with Crippen molar-refractivity contribution in [1.29, 1.82) is 0 Å². The first-order valence-electron chi connectivity index (χ1n) is 10.4. The number of anilines is 1. The molecule has 1 saturated heterocycles. The SMILES string of the molecule is COc1ccc(CCC(=O)N2CCC[C@H]2c2nnc(C(=O)Nc3cccc(Cl)c3)s2)cc1. The van der Waals surface area contributed by atoms with Gasteiger partial charge >= 0.3 is 0 Å². The van der Waals surface area contributed by atoms with Gasteiger partial charge in [-0.2, -0.15) is 0 Å². The van der Waals surface area contributed by atoms with Gasteiger partial charge in [0.05, 0.1) is 13.2 Å². The van der Waals surface area contributed by atoms with Crippen molar-refractivity contribution in [2.24, 2.45) is 0 Å². The van der Waals surface area contributed by atoms with Crippen molar-refractivity contribution in [1.82, 2.24) is 15.1 Å². The first-order chi connectivity index (χ1) is 15.5. The predicted molar refractivity (Wildman–Crippen MR) is 124 cm³/mol. The Morgan fingerprint density at radius 2 is 2.03 bits per heavy atom. The number of carbonyl (C=O) groups is 2. The van der Waals surface area contributed by atoms with E-state index in [0.717, 1.165) is 24.2 Å². The number of carbonyl (C=O) groups excluding carboxylic acids is 2. The molecule has 1 aliphatic heterocycles. The van der Waals surface area contributed by atoms with E-state index in [0.29, 0.717) is 35.1 Å². The molecule has 2 amide bonds. The minimum atomic E-state index is -0.341. The Bertz CT molecular complexity index is 1100. The summed E-state index contributed by atoms with van der Waals surface area (Å²) in [6, 6.07) is 14.5. The van der Waals surface area contributed by atoms with Gasteiger partial charge in [-0.25, -0.2) is 0 Å². The minimum Gasteiger partial charge on any atom is -0.497 e. The van der Waals surface area contributed by atoms with Gasteiger partial charge in [0, 0.05) is 23.7 Å². The number of nitrogens with zero attached hydrogens (tertiary/aromatic N) is 3. The molecule has 7 nitrogen and oxygen atoms in total. The second-order valence-electron chi connectivity index (χ2n) is 7.50. The first kappa shape index (κ1) is 22.2. The molecule has 1 aromatic heterocycles. The molecule has 0 radical (unpaired) electrons. The van der Waals surface area contributed by atoms with Crippen LogP contribution in [-0.2, 0) is 11.2 Å². The second kappa shape index (κ2) is 10.1. The van der Waals surface area contributed by atoms with Crippen LogP contribution in [0.5, 0.6) is 5.75 Å². The van der Waals surface area contributed by atoms with E-state index in [-0.39, 0.29) is 22.9 Å². The summed E-state index contributed by atoms with van der Waals surface area (Å²) in [4.78, 5) is 27.3. The second-order valence-corrected chi connectivity index (χ2v) is 8.95. The number of methoxy groups -OCH3 is 1. The smallest absolute Gasteiger partial charge is 0.286 e. The van der Waals surface area contributed by atoms with Crippen molar-refractivity contribution < 1.29 is 14.3 Å². The number of hydrogen-bond acceptors (Lipinski definition) is 6.